The lowest BCUT2D eigenvalue weighted by Crippen LogP contribution is -1.82. The van der Waals surface area contributed by atoms with Crippen LogP contribution in [0.15, 0.2) is 25.3 Å². The highest BCUT2D eigenvalue weighted by molar-refractivity contribution is 5.78. The molecule has 0 unspecified atom stereocenters. The number of rotatable bonds is 1. The van der Waals surface area contributed by atoms with Gasteiger partial charge in [0.25, 0.3) is 0 Å². The van der Waals surface area contributed by atoms with Crippen LogP contribution < -0.4 is 0 Å². The van der Waals surface area contributed by atoms with Gasteiger partial charge in [0.05, 0.1) is 0 Å². The standard InChI is InChI=1S/C3H4O2.C3H6.2CH4.H2O/c1-2-3(4)5;1-3-2;;;/h2H,1H2,(H,4,5);3H,1H2,2H3;2*1H4;1H2. The minimum atomic E-state index is -0.981. The van der Waals surface area contributed by atoms with Crippen molar-refractivity contribution in [3.8, 4) is 0 Å². The van der Waals surface area contributed by atoms with Crippen molar-refractivity contribution in [2.75, 3.05) is 0 Å². The molecule has 0 fully saturated rings. The molecule has 0 aromatic rings. The summed E-state index contributed by atoms with van der Waals surface area (Å²) in [4.78, 5) is 9.25. The average molecular weight is 164 g/mol. The minimum Gasteiger partial charge on any atom is -0.478 e. The first-order valence-electron chi connectivity index (χ1n) is 2.11. The molecule has 0 aliphatic rings. The van der Waals surface area contributed by atoms with Gasteiger partial charge >= 0.3 is 5.97 Å². The van der Waals surface area contributed by atoms with Gasteiger partial charge in [-0.3, -0.25) is 0 Å². The molecule has 0 spiro atoms. The quantitative estimate of drug-likeness (QED) is 0.475. The van der Waals surface area contributed by atoms with Crippen molar-refractivity contribution in [3.63, 3.8) is 0 Å². The molecule has 0 aromatic heterocycles. The Hall–Kier alpha value is -1.09. The van der Waals surface area contributed by atoms with Crippen molar-refractivity contribution < 1.29 is 15.4 Å². The maximum absolute atomic E-state index is 9.25. The highest BCUT2D eigenvalue weighted by Gasteiger charge is 1.73. The molecule has 0 bridgehead atoms. The van der Waals surface area contributed by atoms with Crippen LogP contribution >= 0.6 is 0 Å². The van der Waals surface area contributed by atoms with Gasteiger partial charge in [-0.15, -0.1) is 6.58 Å². The summed E-state index contributed by atoms with van der Waals surface area (Å²) < 4.78 is 0. The van der Waals surface area contributed by atoms with Crippen LogP contribution in [0.1, 0.15) is 21.8 Å². The third-order valence-electron chi connectivity index (χ3n) is 0.175. The van der Waals surface area contributed by atoms with E-state index in [1.165, 1.54) is 0 Å². The molecule has 0 saturated carbocycles. The van der Waals surface area contributed by atoms with E-state index in [1.807, 2.05) is 6.92 Å². The van der Waals surface area contributed by atoms with Crippen molar-refractivity contribution in [3.05, 3.63) is 25.3 Å². The zero-order valence-electron chi connectivity index (χ0n) is 5.42. The second-order valence-electron chi connectivity index (χ2n) is 0.951. The summed E-state index contributed by atoms with van der Waals surface area (Å²) in [6, 6.07) is 0. The van der Waals surface area contributed by atoms with E-state index >= 15 is 0 Å². The Balaban J connectivity index is -0.0000000183. The van der Waals surface area contributed by atoms with Gasteiger partial charge in [-0.25, -0.2) is 4.79 Å². The number of carboxylic acid groups (broad SMARTS) is 1. The highest BCUT2D eigenvalue weighted by Crippen LogP contribution is 1.54. The number of carbonyl (C=O) groups is 1. The van der Waals surface area contributed by atoms with E-state index in [4.69, 9.17) is 5.11 Å². The molecule has 0 aromatic carbocycles. The molecule has 0 aliphatic carbocycles. The summed E-state index contributed by atoms with van der Waals surface area (Å²) in [6.45, 7) is 8.21. The molecular weight excluding hydrogens is 144 g/mol. The number of hydrogen-bond acceptors (Lipinski definition) is 1. The fraction of sp³-hybridized carbons (Fsp3) is 0.375. The Morgan fingerprint density at radius 2 is 1.45 bits per heavy atom. The van der Waals surface area contributed by atoms with Gasteiger partial charge in [-0.1, -0.05) is 27.5 Å². The zero-order chi connectivity index (χ0) is 6.99. The summed E-state index contributed by atoms with van der Waals surface area (Å²) in [5.41, 5.74) is 0. The fourth-order valence-electron chi connectivity index (χ4n) is 0. The fourth-order valence-corrected chi connectivity index (χ4v) is 0. The first kappa shape index (κ1) is 32.6. The van der Waals surface area contributed by atoms with Crippen LogP contribution in [0.3, 0.4) is 0 Å². The summed E-state index contributed by atoms with van der Waals surface area (Å²) in [7, 11) is 0. The predicted octanol–water partition coefficient (Wildman–Crippen LogP) is 1.90. The number of aliphatic carboxylic acids is 1. The van der Waals surface area contributed by atoms with Crippen LogP contribution in [0.2, 0.25) is 0 Å². The van der Waals surface area contributed by atoms with Gasteiger partial charge in [0, 0.05) is 6.08 Å². The van der Waals surface area contributed by atoms with Gasteiger partial charge in [0.1, 0.15) is 0 Å². The van der Waals surface area contributed by atoms with Crippen LogP contribution in [0.4, 0.5) is 0 Å². The Morgan fingerprint density at radius 3 is 1.45 bits per heavy atom. The summed E-state index contributed by atoms with van der Waals surface area (Å²) in [5.74, 6) is -0.981. The molecule has 0 rings (SSSR count). The van der Waals surface area contributed by atoms with Gasteiger partial charge in [-0.05, 0) is 6.92 Å². The van der Waals surface area contributed by atoms with E-state index in [0.717, 1.165) is 6.08 Å². The summed E-state index contributed by atoms with van der Waals surface area (Å²) >= 11 is 0. The summed E-state index contributed by atoms with van der Waals surface area (Å²) in [5, 5.41) is 7.60. The Kier molecular flexibility index (Phi) is 108. The van der Waals surface area contributed by atoms with Crippen molar-refractivity contribution in [1.82, 2.24) is 0 Å². The van der Waals surface area contributed by atoms with Crippen LogP contribution in [-0.4, -0.2) is 16.6 Å². The first-order chi connectivity index (χ1) is 3.68. The third kappa shape index (κ3) is 514. The van der Waals surface area contributed by atoms with Crippen molar-refractivity contribution in [2.45, 2.75) is 21.8 Å². The lowest BCUT2D eigenvalue weighted by Gasteiger charge is -1.64. The average Bonchev–Trinajstić information content (AvgIpc) is 1.69. The molecule has 3 nitrogen and oxygen atoms in total. The minimum absolute atomic E-state index is 0. The van der Waals surface area contributed by atoms with E-state index in [1.54, 1.807) is 6.08 Å². The van der Waals surface area contributed by atoms with Gasteiger partial charge in [0.2, 0.25) is 0 Å². The predicted molar refractivity (Wildman–Crippen MR) is 50.8 cm³/mol. The Bertz CT molecular complexity index is 87.3. The normalized spacial score (nSPS) is 4.09. The van der Waals surface area contributed by atoms with Crippen molar-refractivity contribution >= 4 is 5.97 Å². The second-order valence-corrected chi connectivity index (χ2v) is 0.951. The molecule has 0 saturated heterocycles. The van der Waals surface area contributed by atoms with E-state index < -0.39 is 5.97 Å². The van der Waals surface area contributed by atoms with Gasteiger partial charge in [0.15, 0.2) is 0 Å². The number of hydrogen-bond donors (Lipinski definition) is 1. The molecule has 0 radical (unpaired) electrons. The molecule has 0 amide bonds. The molecule has 3 N–H and O–H groups in total. The largest absolute Gasteiger partial charge is 0.478 e. The van der Waals surface area contributed by atoms with Crippen molar-refractivity contribution in [2.24, 2.45) is 0 Å². The van der Waals surface area contributed by atoms with Crippen LogP contribution in [-0.2, 0) is 4.79 Å². The second kappa shape index (κ2) is 36.5. The smallest absolute Gasteiger partial charge is 0.327 e. The molecular formula is C8H20O3. The molecule has 0 heterocycles. The van der Waals surface area contributed by atoms with Crippen LogP contribution in [0.5, 0.6) is 0 Å². The SMILES string of the molecule is C.C.C=CC.C=CC(=O)O.O. The van der Waals surface area contributed by atoms with Gasteiger partial charge in [-0.2, -0.15) is 0 Å². The van der Waals surface area contributed by atoms with Gasteiger partial charge < -0.3 is 10.6 Å². The Morgan fingerprint density at radius 1 is 1.36 bits per heavy atom. The number of carboxylic acids is 1. The van der Waals surface area contributed by atoms with E-state index in [-0.39, 0.29) is 20.3 Å². The number of allylic oxidation sites excluding steroid dienone is 1. The third-order valence-corrected chi connectivity index (χ3v) is 0.175. The molecule has 0 atom stereocenters. The molecule has 0 aliphatic heterocycles. The lowest BCUT2D eigenvalue weighted by molar-refractivity contribution is -0.131. The monoisotopic (exact) mass is 164 g/mol. The zero-order valence-corrected chi connectivity index (χ0v) is 5.42. The molecule has 3 heteroatoms. The molecule has 70 valence electrons. The van der Waals surface area contributed by atoms with E-state index in [0.29, 0.717) is 0 Å². The van der Waals surface area contributed by atoms with E-state index in [9.17, 15) is 4.79 Å². The maximum atomic E-state index is 9.25. The first-order valence-corrected chi connectivity index (χ1v) is 2.11. The van der Waals surface area contributed by atoms with Crippen LogP contribution in [0.25, 0.3) is 0 Å². The summed E-state index contributed by atoms with van der Waals surface area (Å²) in [6.07, 6.45) is 2.58. The molecule has 11 heavy (non-hydrogen) atoms. The maximum Gasteiger partial charge on any atom is 0.327 e. The Labute approximate surface area is 69.4 Å². The lowest BCUT2D eigenvalue weighted by atomic mass is 10.7. The van der Waals surface area contributed by atoms with Crippen LogP contribution in [0, 0.1) is 0 Å². The van der Waals surface area contributed by atoms with E-state index in [2.05, 4.69) is 13.2 Å². The topological polar surface area (TPSA) is 68.8 Å². The van der Waals surface area contributed by atoms with Crippen molar-refractivity contribution in [1.29, 1.82) is 0 Å². The highest BCUT2D eigenvalue weighted by atomic mass is 16.4.